The third-order valence-corrected chi connectivity index (χ3v) is 4.36. The molecule has 2 saturated heterocycles. The van der Waals surface area contributed by atoms with Crippen LogP contribution in [-0.4, -0.2) is 54.8 Å². The third kappa shape index (κ3) is 2.65. The molecule has 2 aliphatic rings. The van der Waals surface area contributed by atoms with E-state index < -0.39 is 0 Å². The van der Waals surface area contributed by atoms with E-state index in [9.17, 15) is 0 Å². The van der Waals surface area contributed by atoms with E-state index in [1.165, 1.54) is 18.7 Å². The molecule has 1 aromatic rings. The van der Waals surface area contributed by atoms with E-state index in [0.717, 1.165) is 37.7 Å². The topological polar surface area (TPSA) is 41.5 Å². The van der Waals surface area contributed by atoms with Crippen molar-refractivity contribution in [3.05, 3.63) is 17.6 Å². The summed E-state index contributed by atoms with van der Waals surface area (Å²) in [7, 11) is 4.06. The summed E-state index contributed by atoms with van der Waals surface area (Å²) >= 11 is 0. The SMILES string of the molecule is Cc1nc([C@@H]2CCN2C2CCOCC2)cc(N(C)C)n1. The van der Waals surface area contributed by atoms with Crippen molar-refractivity contribution in [3.63, 3.8) is 0 Å². The molecule has 1 aromatic heterocycles. The number of hydrogen-bond donors (Lipinski definition) is 0. The molecule has 0 aromatic carbocycles. The molecule has 0 N–H and O–H groups in total. The first-order chi connectivity index (χ1) is 9.65. The van der Waals surface area contributed by atoms with Gasteiger partial charge in [-0.3, -0.25) is 4.90 Å². The molecule has 5 heteroatoms. The summed E-state index contributed by atoms with van der Waals surface area (Å²) in [5.41, 5.74) is 1.18. The Hall–Kier alpha value is -1.20. The van der Waals surface area contributed by atoms with Gasteiger partial charge in [0.1, 0.15) is 11.6 Å². The monoisotopic (exact) mass is 276 g/mol. The number of aryl methyl sites for hydroxylation is 1. The molecule has 5 nitrogen and oxygen atoms in total. The van der Waals surface area contributed by atoms with Crippen LogP contribution in [0, 0.1) is 6.92 Å². The molecule has 0 unspecified atom stereocenters. The summed E-state index contributed by atoms with van der Waals surface area (Å²) in [5, 5.41) is 0. The van der Waals surface area contributed by atoms with Crippen LogP contribution in [0.3, 0.4) is 0 Å². The molecule has 2 fully saturated rings. The molecule has 2 aliphatic heterocycles. The van der Waals surface area contributed by atoms with Gasteiger partial charge in [0.2, 0.25) is 0 Å². The molecule has 0 bridgehead atoms. The molecular formula is C15H24N4O. The second kappa shape index (κ2) is 5.66. The third-order valence-electron chi connectivity index (χ3n) is 4.36. The maximum Gasteiger partial charge on any atom is 0.132 e. The number of likely N-dealkylation sites (tertiary alicyclic amines) is 1. The molecule has 0 spiro atoms. The first kappa shape index (κ1) is 13.8. The highest BCUT2D eigenvalue weighted by Gasteiger charge is 2.36. The summed E-state index contributed by atoms with van der Waals surface area (Å²) in [4.78, 5) is 13.8. The largest absolute Gasteiger partial charge is 0.381 e. The molecule has 110 valence electrons. The van der Waals surface area contributed by atoms with Gasteiger partial charge in [0.25, 0.3) is 0 Å². The lowest BCUT2D eigenvalue weighted by Crippen LogP contribution is -2.50. The number of anilines is 1. The van der Waals surface area contributed by atoms with Crippen LogP contribution in [0.25, 0.3) is 0 Å². The van der Waals surface area contributed by atoms with Crippen molar-refractivity contribution in [1.82, 2.24) is 14.9 Å². The minimum atomic E-state index is 0.471. The van der Waals surface area contributed by atoms with Crippen molar-refractivity contribution in [2.75, 3.05) is 38.8 Å². The van der Waals surface area contributed by atoms with Crippen LogP contribution in [-0.2, 0) is 4.74 Å². The second-order valence-corrected chi connectivity index (χ2v) is 5.98. The molecule has 20 heavy (non-hydrogen) atoms. The molecular weight excluding hydrogens is 252 g/mol. The second-order valence-electron chi connectivity index (χ2n) is 5.98. The lowest BCUT2D eigenvalue weighted by molar-refractivity contribution is -0.0257. The van der Waals surface area contributed by atoms with Gasteiger partial charge in [0.05, 0.1) is 11.7 Å². The van der Waals surface area contributed by atoms with Gasteiger partial charge >= 0.3 is 0 Å². The van der Waals surface area contributed by atoms with Gasteiger partial charge < -0.3 is 9.64 Å². The van der Waals surface area contributed by atoms with Gasteiger partial charge in [-0.15, -0.1) is 0 Å². The Morgan fingerprint density at radius 1 is 1.20 bits per heavy atom. The van der Waals surface area contributed by atoms with Gasteiger partial charge in [0, 0.05) is 46.0 Å². The number of nitrogens with zero attached hydrogens (tertiary/aromatic N) is 4. The Bertz CT molecular complexity index is 471. The fourth-order valence-electron chi connectivity index (χ4n) is 3.15. The van der Waals surface area contributed by atoms with E-state index >= 15 is 0 Å². The average Bonchev–Trinajstić information content (AvgIpc) is 2.38. The van der Waals surface area contributed by atoms with Crippen molar-refractivity contribution in [2.45, 2.75) is 38.3 Å². The van der Waals surface area contributed by atoms with Gasteiger partial charge in [-0.2, -0.15) is 0 Å². The van der Waals surface area contributed by atoms with Crippen molar-refractivity contribution < 1.29 is 4.74 Å². The van der Waals surface area contributed by atoms with Crippen LogP contribution in [0.5, 0.6) is 0 Å². The Balaban J connectivity index is 1.78. The van der Waals surface area contributed by atoms with Crippen LogP contribution in [0.4, 0.5) is 5.82 Å². The Labute approximate surface area is 121 Å². The lowest BCUT2D eigenvalue weighted by Gasteiger charge is -2.47. The van der Waals surface area contributed by atoms with E-state index in [1.54, 1.807) is 0 Å². The fourth-order valence-corrected chi connectivity index (χ4v) is 3.15. The number of ether oxygens (including phenoxy) is 1. The Morgan fingerprint density at radius 3 is 2.55 bits per heavy atom. The molecule has 0 saturated carbocycles. The van der Waals surface area contributed by atoms with Gasteiger partial charge in [0.15, 0.2) is 0 Å². The predicted octanol–water partition coefficient (Wildman–Crippen LogP) is 1.78. The van der Waals surface area contributed by atoms with Crippen molar-refractivity contribution in [3.8, 4) is 0 Å². The zero-order valence-corrected chi connectivity index (χ0v) is 12.7. The van der Waals surface area contributed by atoms with Crippen LogP contribution in [0.2, 0.25) is 0 Å². The summed E-state index contributed by atoms with van der Waals surface area (Å²) in [6, 6.07) is 3.28. The molecule has 0 amide bonds. The van der Waals surface area contributed by atoms with Crippen molar-refractivity contribution in [1.29, 1.82) is 0 Å². The van der Waals surface area contributed by atoms with Crippen LogP contribution < -0.4 is 4.90 Å². The summed E-state index contributed by atoms with van der Waals surface area (Å²) in [6.07, 6.45) is 3.52. The van der Waals surface area contributed by atoms with E-state index in [0.29, 0.717) is 12.1 Å². The van der Waals surface area contributed by atoms with E-state index in [2.05, 4.69) is 25.8 Å². The number of aromatic nitrogens is 2. The van der Waals surface area contributed by atoms with Crippen molar-refractivity contribution in [2.24, 2.45) is 0 Å². The highest BCUT2D eigenvalue weighted by molar-refractivity contribution is 5.39. The van der Waals surface area contributed by atoms with Crippen LogP contribution in [0.1, 0.15) is 36.8 Å². The standard InChI is InChI=1S/C15H24N4O/c1-11-16-13(10-15(17-11)18(2)3)14-4-7-19(14)12-5-8-20-9-6-12/h10,12,14H,4-9H2,1-3H3/t14-/m0/s1. The molecule has 3 heterocycles. The first-order valence-electron chi connectivity index (χ1n) is 7.51. The van der Waals surface area contributed by atoms with Crippen molar-refractivity contribution >= 4 is 5.82 Å². The lowest BCUT2D eigenvalue weighted by atomic mass is 9.93. The molecule has 0 aliphatic carbocycles. The summed E-state index contributed by atoms with van der Waals surface area (Å²) < 4.78 is 5.47. The minimum Gasteiger partial charge on any atom is -0.381 e. The quantitative estimate of drug-likeness (QED) is 0.841. The predicted molar refractivity (Wildman–Crippen MR) is 79.0 cm³/mol. The number of hydrogen-bond acceptors (Lipinski definition) is 5. The Morgan fingerprint density at radius 2 is 1.95 bits per heavy atom. The zero-order chi connectivity index (χ0) is 14.1. The van der Waals surface area contributed by atoms with E-state index in [1.807, 2.05) is 21.0 Å². The van der Waals surface area contributed by atoms with Crippen LogP contribution >= 0.6 is 0 Å². The molecule has 3 rings (SSSR count). The number of rotatable bonds is 3. The minimum absolute atomic E-state index is 0.471. The maximum absolute atomic E-state index is 5.47. The molecule has 0 radical (unpaired) electrons. The highest BCUT2D eigenvalue weighted by Crippen LogP contribution is 2.37. The van der Waals surface area contributed by atoms with Gasteiger partial charge in [-0.05, 0) is 26.2 Å². The normalized spacial score (nSPS) is 24.4. The van der Waals surface area contributed by atoms with E-state index in [4.69, 9.17) is 4.74 Å². The zero-order valence-electron chi connectivity index (χ0n) is 12.7. The Kier molecular flexibility index (Phi) is 3.89. The highest BCUT2D eigenvalue weighted by atomic mass is 16.5. The fraction of sp³-hybridized carbons (Fsp3) is 0.733. The molecule has 1 atom stereocenters. The average molecular weight is 276 g/mol. The van der Waals surface area contributed by atoms with Crippen LogP contribution in [0.15, 0.2) is 6.07 Å². The maximum atomic E-state index is 5.47. The smallest absolute Gasteiger partial charge is 0.132 e. The summed E-state index contributed by atoms with van der Waals surface area (Å²) in [5.74, 6) is 1.87. The van der Waals surface area contributed by atoms with Gasteiger partial charge in [-0.25, -0.2) is 9.97 Å². The summed E-state index contributed by atoms with van der Waals surface area (Å²) in [6.45, 7) is 4.98. The van der Waals surface area contributed by atoms with E-state index in [-0.39, 0.29) is 0 Å². The van der Waals surface area contributed by atoms with Gasteiger partial charge in [-0.1, -0.05) is 0 Å². The first-order valence-corrected chi connectivity index (χ1v) is 7.51.